The van der Waals surface area contributed by atoms with E-state index in [1.165, 1.54) is 6.55 Å². The summed E-state index contributed by atoms with van der Waals surface area (Å²) in [7, 11) is -7.50. The van der Waals surface area contributed by atoms with Crippen LogP contribution in [-0.2, 0) is 14.9 Å². The SMILES string of the molecule is C[Si](O)(O)CCCOCC(O)CS(=O)(=O)[O-].[Na+]. The summed E-state index contributed by atoms with van der Waals surface area (Å²) in [6.45, 7) is 1.29. The molecule has 1 unspecified atom stereocenters. The van der Waals surface area contributed by atoms with Gasteiger partial charge in [-0.25, -0.2) is 8.42 Å². The summed E-state index contributed by atoms with van der Waals surface area (Å²) in [5.74, 6) is -0.876. The summed E-state index contributed by atoms with van der Waals surface area (Å²) in [6, 6.07) is 0.239. The molecule has 0 heterocycles. The molecule has 0 saturated carbocycles. The van der Waals surface area contributed by atoms with Crippen LogP contribution < -0.4 is 29.6 Å². The average Bonchev–Trinajstić information content (AvgIpc) is 1.97. The van der Waals surface area contributed by atoms with Crippen molar-refractivity contribution >= 4 is 18.7 Å². The van der Waals surface area contributed by atoms with Crippen molar-refractivity contribution in [3.8, 4) is 0 Å². The molecule has 0 rings (SSSR count). The molecule has 98 valence electrons. The Kier molecular flexibility index (Phi) is 10.7. The molecule has 0 aliphatic carbocycles. The molecule has 7 nitrogen and oxygen atoms in total. The van der Waals surface area contributed by atoms with E-state index in [4.69, 9.17) is 19.4 Å². The Balaban J connectivity index is 0. The summed E-state index contributed by atoms with van der Waals surface area (Å²) in [4.78, 5) is 18.1. The maximum atomic E-state index is 10.2. The van der Waals surface area contributed by atoms with E-state index in [0.29, 0.717) is 6.42 Å². The zero-order valence-corrected chi connectivity index (χ0v) is 13.8. The minimum atomic E-state index is -4.44. The van der Waals surface area contributed by atoms with Gasteiger partial charge in [-0.05, 0) is 19.0 Å². The molecule has 1 atom stereocenters. The van der Waals surface area contributed by atoms with Gasteiger partial charge in [0.1, 0.15) is 0 Å². The molecule has 0 amide bonds. The fourth-order valence-corrected chi connectivity index (χ4v) is 2.39. The number of rotatable bonds is 8. The first-order valence-electron chi connectivity index (χ1n) is 4.74. The molecule has 0 radical (unpaired) electrons. The second-order valence-electron chi connectivity index (χ2n) is 3.77. The molecule has 0 saturated heterocycles. The van der Waals surface area contributed by atoms with Gasteiger partial charge < -0.3 is 24.0 Å². The molecule has 0 aromatic rings. The Morgan fingerprint density at radius 3 is 2.35 bits per heavy atom. The number of hydrogen-bond acceptors (Lipinski definition) is 7. The third-order valence-electron chi connectivity index (χ3n) is 1.65. The summed E-state index contributed by atoms with van der Waals surface area (Å²) in [5, 5.41) is 9.05. The second kappa shape index (κ2) is 8.96. The smallest absolute Gasteiger partial charge is 0.748 e. The molecule has 0 aromatic carbocycles. The van der Waals surface area contributed by atoms with Crippen molar-refractivity contribution in [1.82, 2.24) is 0 Å². The quantitative estimate of drug-likeness (QED) is 0.233. The van der Waals surface area contributed by atoms with Gasteiger partial charge in [0.2, 0.25) is 0 Å². The van der Waals surface area contributed by atoms with Crippen LogP contribution in [0.5, 0.6) is 0 Å². The van der Waals surface area contributed by atoms with Crippen LogP contribution in [0, 0.1) is 0 Å². The fourth-order valence-electron chi connectivity index (χ4n) is 1.01. The summed E-state index contributed by atoms with van der Waals surface area (Å²) in [5.41, 5.74) is 0. The van der Waals surface area contributed by atoms with Crippen LogP contribution in [0.3, 0.4) is 0 Å². The van der Waals surface area contributed by atoms with Crippen LogP contribution in [0.25, 0.3) is 0 Å². The van der Waals surface area contributed by atoms with Gasteiger partial charge in [0.15, 0.2) is 0 Å². The summed E-state index contributed by atoms with van der Waals surface area (Å²) in [6.07, 6.45) is -0.929. The molecule has 0 aliphatic heterocycles. The van der Waals surface area contributed by atoms with Crippen molar-refractivity contribution in [3.05, 3.63) is 0 Å². The third-order valence-corrected chi connectivity index (χ3v) is 3.74. The van der Waals surface area contributed by atoms with Crippen LogP contribution in [0.1, 0.15) is 6.42 Å². The topological polar surface area (TPSA) is 127 Å². The normalized spacial score (nSPS) is 14.2. The van der Waals surface area contributed by atoms with Gasteiger partial charge in [0, 0.05) is 6.61 Å². The van der Waals surface area contributed by atoms with Gasteiger partial charge >= 0.3 is 38.1 Å². The van der Waals surface area contributed by atoms with Crippen molar-refractivity contribution in [2.45, 2.75) is 25.1 Å². The first-order chi connectivity index (χ1) is 7.10. The molecular formula is C7H17NaO7SSi. The van der Waals surface area contributed by atoms with Crippen molar-refractivity contribution in [1.29, 1.82) is 0 Å². The molecular weight excluding hydrogens is 279 g/mol. The Morgan fingerprint density at radius 2 is 1.94 bits per heavy atom. The Labute approximate surface area is 124 Å². The number of aliphatic hydroxyl groups is 1. The van der Waals surface area contributed by atoms with E-state index < -0.39 is 30.5 Å². The van der Waals surface area contributed by atoms with Crippen LogP contribution in [0.4, 0.5) is 0 Å². The van der Waals surface area contributed by atoms with Gasteiger partial charge in [-0.15, -0.1) is 0 Å². The van der Waals surface area contributed by atoms with E-state index in [9.17, 15) is 13.0 Å². The molecule has 0 fully saturated rings. The van der Waals surface area contributed by atoms with Gasteiger partial charge in [-0.2, -0.15) is 0 Å². The van der Waals surface area contributed by atoms with Gasteiger partial charge in [0.25, 0.3) is 0 Å². The number of aliphatic hydroxyl groups excluding tert-OH is 1. The van der Waals surface area contributed by atoms with Crippen LogP contribution in [0.15, 0.2) is 0 Å². The van der Waals surface area contributed by atoms with E-state index in [0.717, 1.165) is 0 Å². The third kappa shape index (κ3) is 17.0. The average molecular weight is 296 g/mol. The van der Waals surface area contributed by atoms with Crippen LogP contribution in [-0.4, -0.2) is 61.3 Å². The maximum absolute atomic E-state index is 10.2. The van der Waals surface area contributed by atoms with Crippen molar-refractivity contribution in [2.75, 3.05) is 19.0 Å². The van der Waals surface area contributed by atoms with E-state index in [2.05, 4.69) is 0 Å². The van der Waals surface area contributed by atoms with E-state index >= 15 is 0 Å². The van der Waals surface area contributed by atoms with Crippen molar-refractivity contribution < 1.29 is 62.0 Å². The number of ether oxygens (including phenoxy) is 1. The predicted octanol–water partition coefficient (Wildman–Crippen LogP) is -4.64. The Bertz CT molecular complexity index is 289. The van der Waals surface area contributed by atoms with Gasteiger partial charge in [-0.1, -0.05) is 0 Å². The Morgan fingerprint density at radius 1 is 1.41 bits per heavy atom. The molecule has 0 spiro atoms. The van der Waals surface area contributed by atoms with Crippen molar-refractivity contribution in [2.24, 2.45) is 0 Å². The van der Waals surface area contributed by atoms with Gasteiger partial charge in [0.05, 0.1) is 28.6 Å². The van der Waals surface area contributed by atoms with Crippen molar-refractivity contribution in [3.63, 3.8) is 0 Å². The molecule has 0 aliphatic rings. The fraction of sp³-hybridized carbons (Fsp3) is 1.00. The molecule has 17 heavy (non-hydrogen) atoms. The molecule has 3 N–H and O–H groups in total. The number of hydrogen-bond donors (Lipinski definition) is 3. The minimum absolute atomic E-state index is 0. The molecule has 0 bridgehead atoms. The monoisotopic (exact) mass is 296 g/mol. The van der Waals surface area contributed by atoms with E-state index in [-0.39, 0.29) is 48.8 Å². The van der Waals surface area contributed by atoms with Crippen LogP contribution in [0.2, 0.25) is 12.6 Å². The molecule has 10 heteroatoms. The molecule has 0 aromatic heterocycles. The first kappa shape index (κ1) is 20.3. The summed E-state index contributed by atoms with van der Waals surface area (Å²) < 4.78 is 35.6. The van der Waals surface area contributed by atoms with E-state index in [1.54, 1.807) is 0 Å². The first-order valence-corrected chi connectivity index (χ1v) is 8.92. The van der Waals surface area contributed by atoms with E-state index in [1.807, 2.05) is 0 Å². The second-order valence-corrected chi connectivity index (χ2v) is 8.16. The predicted molar refractivity (Wildman–Crippen MR) is 56.9 cm³/mol. The maximum Gasteiger partial charge on any atom is 1.00 e. The minimum Gasteiger partial charge on any atom is -0.748 e. The standard InChI is InChI=1S/C7H18O7SSi.Na/c1-16(12,13)4-2-3-14-5-7(8)6-15(9,10)11;/h7-8,12-13H,2-6H2,1H3,(H,9,10,11);/q;+1/p-1. The Hall–Kier alpha value is 0.967. The zero-order valence-electron chi connectivity index (χ0n) is 10.00. The zero-order chi connectivity index (χ0) is 12.8. The van der Waals surface area contributed by atoms with Gasteiger partial charge in [-0.3, -0.25) is 0 Å². The summed E-state index contributed by atoms with van der Waals surface area (Å²) >= 11 is 0. The largest absolute Gasteiger partial charge is 1.00 e. The van der Waals surface area contributed by atoms with Crippen LogP contribution >= 0.6 is 0 Å².